The second-order valence-electron chi connectivity index (χ2n) is 5.06. The number of H-pyrrole nitrogens is 1. The van der Waals surface area contributed by atoms with Crippen LogP contribution < -0.4 is 11.1 Å². The molecular formula is C12H19N5O3. The molecule has 0 aromatic carbocycles. The second-order valence-corrected chi connectivity index (χ2v) is 5.06. The van der Waals surface area contributed by atoms with E-state index in [0.29, 0.717) is 24.6 Å². The van der Waals surface area contributed by atoms with E-state index < -0.39 is 10.8 Å². The summed E-state index contributed by atoms with van der Waals surface area (Å²) in [5.74, 6) is -0.144. The molecule has 1 amide bonds. The predicted octanol–water partition coefficient (Wildman–Crippen LogP) is 0.738. The molecule has 1 unspecified atom stereocenters. The lowest BCUT2D eigenvalue weighted by Gasteiger charge is -2.14. The van der Waals surface area contributed by atoms with Gasteiger partial charge in [0, 0.05) is 12.6 Å². The summed E-state index contributed by atoms with van der Waals surface area (Å²) in [7, 11) is 0. The first-order valence-electron chi connectivity index (χ1n) is 6.81. The number of nitrogens with one attached hydrogen (secondary N) is 2. The summed E-state index contributed by atoms with van der Waals surface area (Å²) >= 11 is 0. The van der Waals surface area contributed by atoms with E-state index >= 15 is 0 Å². The molecule has 8 nitrogen and oxygen atoms in total. The summed E-state index contributed by atoms with van der Waals surface area (Å²) in [6.07, 6.45) is 3.29. The van der Waals surface area contributed by atoms with Gasteiger partial charge in [0.1, 0.15) is 5.69 Å². The first kappa shape index (κ1) is 14.4. The standard InChI is InChI=1S/C12H19N5O3/c1-2-3-8-11(17(19)20)10(16-15-8)12(18)14-9(6-13)7-4-5-7/h7,9H,2-6,13H2,1H3,(H,14,18)(H,15,16). The van der Waals surface area contributed by atoms with E-state index in [9.17, 15) is 14.9 Å². The number of nitro groups is 1. The average Bonchev–Trinajstić information content (AvgIpc) is 3.16. The number of aryl methyl sites for hydroxylation is 1. The molecule has 4 N–H and O–H groups in total. The van der Waals surface area contributed by atoms with Gasteiger partial charge in [0.05, 0.1) is 4.92 Å². The molecular weight excluding hydrogens is 262 g/mol. The molecule has 0 bridgehead atoms. The van der Waals surface area contributed by atoms with Crippen molar-refractivity contribution in [2.75, 3.05) is 6.54 Å². The lowest BCUT2D eigenvalue weighted by atomic mass is 10.1. The van der Waals surface area contributed by atoms with Gasteiger partial charge in [-0.2, -0.15) is 5.10 Å². The molecule has 1 heterocycles. The molecule has 0 aliphatic heterocycles. The van der Waals surface area contributed by atoms with Crippen LogP contribution >= 0.6 is 0 Å². The maximum atomic E-state index is 12.1. The fourth-order valence-electron chi connectivity index (χ4n) is 2.26. The van der Waals surface area contributed by atoms with Gasteiger partial charge in [-0.25, -0.2) is 0 Å². The zero-order valence-electron chi connectivity index (χ0n) is 11.4. The number of hydrogen-bond donors (Lipinski definition) is 3. The minimum Gasteiger partial charge on any atom is -0.346 e. The molecule has 0 radical (unpaired) electrons. The van der Waals surface area contributed by atoms with E-state index in [2.05, 4.69) is 15.5 Å². The number of rotatable bonds is 7. The van der Waals surface area contributed by atoms with Crippen molar-refractivity contribution in [2.45, 2.75) is 38.6 Å². The number of amides is 1. The normalized spacial score (nSPS) is 15.9. The van der Waals surface area contributed by atoms with E-state index in [1.165, 1.54) is 0 Å². The van der Waals surface area contributed by atoms with Crippen molar-refractivity contribution in [3.05, 3.63) is 21.5 Å². The van der Waals surface area contributed by atoms with Crippen molar-refractivity contribution >= 4 is 11.6 Å². The SMILES string of the molecule is CCCc1[nH]nc(C(=O)NC(CN)C2CC2)c1[N+](=O)[O-]. The number of nitrogens with zero attached hydrogens (tertiary/aromatic N) is 2. The van der Waals surface area contributed by atoms with Crippen LogP contribution in [-0.4, -0.2) is 33.6 Å². The Morgan fingerprint density at radius 1 is 1.65 bits per heavy atom. The van der Waals surface area contributed by atoms with Crippen LogP contribution in [0.25, 0.3) is 0 Å². The molecule has 1 aliphatic carbocycles. The van der Waals surface area contributed by atoms with E-state index in [4.69, 9.17) is 5.73 Å². The van der Waals surface area contributed by atoms with Crippen LogP contribution in [0.1, 0.15) is 42.4 Å². The third kappa shape index (κ3) is 2.96. The van der Waals surface area contributed by atoms with Crippen molar-refractivity contribution in [3.63, 3.8) is 0 Å². The summed E-state index contributed by atoms with van der Waals surface area (Å²) < 4.78 is 0. The molecule has 20 heavy (non-hydrogen) atoms. The average molecular weight is 281 g/mol. The predicted molar refractivity (Wildman–Crippen MR) is 72.3 cm³/mol. The van der Waals surface area contributed by atoms with Gasteiger partial charge in [0.25, 0.3) is 5.91 Å². The van der Waals surface area contributed by atoms with Gasteiger partial charge in [0.2, 0.25) is 5.69 Å². The van der Waals surface area contributed by atoms with Gasteiger partial charge in [-0.15, -0.1) is 0 Å². The van der Waals surface area contributed by atoms with Crippen LogP contribution in [-0.2, 0) is 6.42 Å². The Morgan fingerprint density at radius 3 is 2.85 bits per heavy atom. The third-order valence-corrected chi connectivity index (χ3v) is 3.47. The first-order chi connectivity index (χ1) is 9.58. The van der Waals surface area contributed by atoms with Crippen molar-refractivity contribution < 1.29 is 9.72 Å². The molecule has 2 rings (SSSR count). The Balaban J connectivity index is 2.18. The smallest absolute Gasteiger partial charge is 0.322 e. The molecule has 1 aliphatic rings. The lowest BCUT2D eigenvalue weighted by molar-refractivity contribution is -0.385. The highest BCUT2D eigenvalue weighted by Gasteiger charge is 2.34. The summed E-state index contributed by atoms with van der Waals surface area (Å²) in [5.41, 5.74) is 5.62. The van der Waals surface area contributed by atoms with E-state index in [1.807, 2.05) is 6.92 Å². The van der Waals surface area contributed by atoms with Crippen molar-refractivity contribution in [2.24, 2.45) is 11.7 Å². The highest BCUT2D eigenvalue weighted by molar-refractivity contribution is 5.96. The maximum absolute atomic E-state index is 12.1. The Kier molecular flexibility index (Phi) is 4.33. The molecule has 110 valence electrons. The highest BCUT2D eigenvalue weighted by atomic mass is 16.6. The molecule has 1 fully saturated rings. The van der Waals surface area contributed by atoms with Crippen molar-refractivity contribution in [1.82, 2.24) is 15.5 Å². The van der Waals surface area contributed by atoms with E-state index in [1.54, 1.807) is 0 Å². The number of hydrogen-bond acceptors (Lipinski definition) is 5. The lowest BCUT2D eigenvalue weighted by Crippen LogP contribution is -2.42. The second kappa shape index (κ2) is 6.00. The summed E-state index contributed by atoms with van der Waals surface area (Å²) in [5, 5.41) is 20.3. The molecule has 1 atom stereocenters. The van der Waals surface area contributed by atoms with E-state index in [0.717, 1.165) is 19.3 Å². The summed E-state index contributed by atoms with van der Waals surface area (Å²) in [6.45, 7) is 2.23. The Hall–Kier alpha value is -1.96. The van der Waals surface area contributed by atoms with Gasteiger partial charge < -0.3 is 11.1 Å². The maximum Gasteiger partial charge on any atom is 0.322 e. The van der Waals surface area contributed by atoms with Crippen molar-refractivity contribution in [3.8, 4) is 0 Å². The van der Waals surface area contributed by atoms with Gasteiger partial charge in [0.15, 0.2) is 0 Å². The van der Waals surface area contributed by atoms with E-state index in [-0.39, 0.29) is 17.4 Å². The number of aromatic amines is 1. The van der Waals surface area contributed by atoms with Crippen LogP contribution in [0.3, 0.4) is 0 Å². The van der Waals surface area contributed by atoms with Gasteiger partial charge in [-0.05, 0) is 25.2 Å². The van der Waals surface area contributed by atoms with Crippen LogP contribution in [0.15, 0.2) is 0 Å². The van der Waals surface area contributed by atoms with Gasteiger partial charge >= 0.3 is 5.69 Å². The topological polar surface area (TPSA) is 127 Å². The number of aromatic nitrogens is 2. The van der Waals surface area contributed by atoms with Crippen LogP contribution in [0.4, 0.5) is 5.69 Å². The number of nitrogens with two attached hydrogens (primary N) is 1. The largest absolute Gasteiger partial charge is 0.346 e. The fourth-order valence-corrected chi connectivity index (χ4v) is 2.26. The molecule has 0 saturated heterocycles. The van der Waals surface area contributed by atoms with Gasteiger partial charge in [-0.3, -0.25) is 20.0 Å². The van der Waals surface area contributed by atoms with Crippen LogP contribution in [0.2, 0.25) is 0 Å². The van der Waals surface area contributed by atoms with Gasteiger partial charge in [-0.1, -0.05) is 13.3 Å². The van der Waals surface area contributed by atoms with Crippen LogP contribution in [0.5, 0.6) is 0 Å². The number of carbonyl (C=O) groups excluding carboxylic acids is 1. The zero-order valence-corrected chi connectivity index (χ0v) is 11.4. The summed E-state index contributed by atoms with van der Waals surface area (Å²) in [6, 6.07) is -0.131. The minimum absolute atomic E-state index is 0.131. The molecule has 1 aromatic heterocycles. The summed E-state index contributed by atoms with van der Waals surface area (Å²) in [4.78, 5) is 22.7. The first-order valence-corrected chi connectivity index (χ1v) is 6.81. The monoisotopic (exact) mass is 281 g/mol. The van der Waals surface area contributed by atoms with Crippen LogP contribution in [0, 0.1) is 16.0 Å². The Bertz CT molecular complexity index is 509. The molecule has 1 saturated carbocycles. The molecule has 8 heteroatoms. The number of carbonyl (C=O) groups is 1. The minimum atomic E-state index is -0.558. The highest BCUT2D eigenvalue weighted by Crippen LogP contribution is 2.32. The molecule has 0 spiro atoms. The zero-order chi connectivity index (χ0) is 14.7. The Labute approximate surface area is 116 Å². The van der Waals surface area contributed by atoms with Crippen molar-refractivity contribution in [1.29, 1.82) is 0 Å². The molecule has 1 aromatic rings. The quantitative estimate of drug-likeness (QED) is 0.501. The Morgan fingerprint density at radius 2 is 2.35 bits per heavy atom. The fraction of sp³-hybridized carbons (Fsp3) is 0.667. The third-order valence-electron chi connectivity index (χ3n) is 3.47.